The first-order valence-electron chi connectivity index (χ1n) is 6.22. The van der Waals surface area contributed by atoms with Gasteiger partial charge in [0.2, 0.25) is 0 Å². The second kappa shape index (κ2) is 4.20. The fourth-order valence-electron chi connectivity index (χ4n) is 2.02. The Kier molecular flexibility index (Phi) is 2.97. The Hall–Kier alpha value is -1.70. The SMILES string of the molecule is CC(=O)c1cc(C(C)(C)C)nc2ccc(C)cc12. The van der Waals surface area contributed by atoms with E-state index < -0.39 is 0 Å². The topological polar surface area (TPSA) is 30.0 Å². The molecule has 0 aliphatic carbocycles. The Morgan fingerprint density at radius 3 is 2.39 bits per heavy atom. The van der Waals surface area contributed by atoms with Gasteiger partial charge in [0.25, 0.3) is 0 Å². The van der Waals surface area contributed by atoms with Crippen molar-refractivity contribution < 1.29 is 4.79 Å². The zero-order valence-corrected chi connectivity index (χ0v) is 11.7. The second-order valence-corrected chi connectivity index (χ2v) is 5.88. The molecule has 0 aliphatic rings. The monoisotopic (exact) mass is 241 g/mol. The molecule has 1 aromatic heterocycles. The number of aryl methyl sites for hydroxylation is 1. The van der Waals surface area contributed by atoms with Crippen LogP contribution in [0.25, 0.3) is 10.9 Å². The smallest absolute Gasteiger partial charge is 0.160 e. The van der Waals surface area contributed by atoms with Gasteiger partial charge in [-0.25, -0.2) is 0 Å². The third-order valence-electron chi connectivity index (χ3n) is 3.11. The van der Waals surface area contributed by atoms with Gasteiger partial charge < -0.3 is 0 Å². The number of Topliss-reactive ketones (excluding diaryl/α,β-unsaturated/α-hetero) is 1. The molecule has 2 nitrogen and oxygen atoms in total. The number of benzene rings is 1. The lowest BCUT2D eigenvalue weighted by Crippen LogP contribution is -2.15. The van der Waals surface area contributed by atoms with Gasteiger partial charge in [0.05, 0.1) is 5.52 Å². The van der Waals surface area contributed by atoms with Crippen LogP contribution in [-0.2, 0) is 5.41 Å². The molecule has 2 rings (SSSR count). The van der Waals surface area contributed by atoms with Gasteiger partial charge in [0, 0.05) is 22.1 Å². The molecule has 1 heterocycles. The molecule has 0 saturated carbocycles. The minimum absolute atomic E-state index is 0.0523. The number of rotatable bonds is 1. The van der Waals surface area contributed by atoms with Gasteiger partial charge in [-0.05, 0) is 32.0 Å². The summed E-state index contributed by atoms with van der Waals surface area (Å²) in [4.78, 5) is 16.5. The highest BCUT2D eigenvalue weighted by atomic mass is 16.1. The Morgan fingerprint density at radius 2 is 1.83 bits per heavy atom. The molecule has 0 aliphatic heterocycles. The summed E-state index contributed by atoms with van der Waals surface area (Å²) in [5.74, 6) is 0.0958. The fourth-order valence-corrected chi connectivity index (χ4v) is 2.02. The van der Waals surface area contributed by atoms with Crippen LogP contribution in [0.1, 0.15) is 49.3 Å². The first kappa shape index (κ1) is 12.7. The molecule has 1 aromatic carbocycles. The van der Waals surface area contributed by atoms with E-state index in [4.69, 9.17) is 0 Å². The first-order chi connectivity index (χ1) is 8.29. The maximum atomic E-state index is 11.8. The number of hydrogen-bond acceptors (Lipinski definition) is 2. The second-order valence-electron chi connectivity index (χ2n) is 5.88. The predicted octanol–water partition coefficient (Wildman–Crippen LogP) is 4.04. The average molecular weight is 241 g/mol. The van der Waals surface area contributed by atoms with Crippen molar-refractivity contribution in [3.63, 3.8) is 0 Å². The van der Waals surface area contributed by atoms with Crippen LogP contribution in [0.2, 0.25) is 0 Å². The number of carbonyl (C=O) groups is 1. The molecule has 0 atom stereocenters. The van der Waals surface area contributed by atoms with Gasteiger partial charge in [0.15, 0.2) is 5.78 Å². The van der Waals surface area contributed by atoms with Gasteiger partial charge in [-0.3, -0.25) is 9.78 Å². The Labute approximate surface area is 108 Å². The van der Waals surface area contributed by atoms with E-state index in [2.05, 4.69) is 25.8 Å². The van der Waals surface area contributed by atoms with Crippen LogP contribution >= 0.6 is 0 Å². The molecular formula is C16H19NO. The quantitative estimate of drug-likeness (QED) is 0.705. The van der Waals surface area contributed by atoms with Crippen LogP contribution < -0.4 is 0 Å². The van der Waals surface area contributed by atoms with E-state index in [1.54, 1.807) is 6.92 Å². The summed E-state index contributed by atoms with van der Waals surface area (Å²) < 4.78 is 0. The fraction of sp³-hybridized carbons (Fsp3) is 0.375. The van der Waals surface area contributed by atoms with E-state index in [1.165, 1.54) is 0 Å². The van der Waals surface area contributed by atoms with E-state index >= 15 is 0 Å². The number of pyridine rings is 1. The van der Waals surface area contributed by atoms with Crippen LogP contribution in [-0.4, -0.2) is 10.8 Å². The normalized spacial score (nSPS) is 11.8. The molecule has 2 heteroatoms. The van der Waals surface area contributed by atoms with Crippen LogP contribution in [0, 0.1) is 6.92 Å². The zero-order chi connectivity index (χ0) is 13.5. The minimum Gasteiger partial charge on any atom is -0.294 e. The van der Waals surface area contributed by atoms with Crippen LogP contribution in [0.5, 0.6) is 0 Å². The third kappa shape index (κ3) is 2.28. The maximum Gasteiger partial charge on any atom is 0.160 e. The summed E-state index contributed by atoms with van der Waals surface area (Å²) in [6.07, 6.45) is 0. The maximum absolute atomic E-state index is 11.8. The summed E-state index contributed by atoms with van der Waals surface area (Å²) in [6.45, 7) is 9.97. The third-order valence-corrected chi connectivity index (χ3v) is 3.11. The summed E-state index contributed by atoms with van der Waals surface area (Å²) in [5, 5.41) is 0.954. The van der Waals surface area contributed by atoms with Crippen LogP contribution in [0.3, 0.4) is 0 Å². The standard InChI is InChI=1S/C16H19NO/c1-10-6-7-14-13(8-10)12(11(2)18)9-15(17-14)16(3,4)5/h6-9H,1-5H3. The van der Waals surface area contributed by atoms with Crippen LogP contribution in [0.4, 0.5) is 0 Å². The number of hydrogen-bond donors (Lipinski definition) is 0. The van der Waals surface area contributed by atoms with Crippen molar-refractivity contribution in [3.05, 3.63) is 41.1 Å². The van der Waals surface area contributed by atoms with Gasteiger partial charge >= 0.3 is 0 Å². The molecule has 2 aromatic rings. The number of aromatic nitrogens is 1. The number of carbonyl (C=O) groups excluding carboxylic acids is 1. The average Bonchev–Trinajstić information content (AvgIpc) is 2.25. The molecular weight excluding hydrogens is 222 g/mol. The van der Waals surface area contributed by atoms with Crippen molar-refractivity contribution in [1.29, 1.82) is 0 Å². The van der Waals surface area contributed by atoms with Crippen molar-refractivity contribution >= 4 is 16.7 Å². The summed E-state index contributed by atoms with van der Waals surface area (Å²) in [7, 11) is 0. The first-order valence-corrected chi connectivity index (χ1v) is 6.22. The van der Waals surface area contributed by atoms with E-state index in [-0.39, 0.29) is 11.2 Å². The molecule has 0 N–H and O–H groups in total. The lowest BCUT2D eigenvalue weighted by Gasteiger charge is -2.19. The van der Waals surface area contributed by atoms with Crippen molar-refractivity contribution in [2.45, 2.75) is 40.0 Å². The Balaban J connectivity index is 2.83. The molecule has 18 heavy (non-hydrogen) atoms. The largest absolute Gasteiger partial charge is 0.294 e. The zero-order valence-electron chi connectivity index (χ0n) is 11.7. The number of fused-ring (bicyclic) bond motifs is 1. The summed E-state index contributed by atoms with van der Waals surface area (Å²) in [5.41, 5.74) is 3.73. The van der Waals surface area contributed by atoms with Gasteiger partial charge in [-0.15, -0.1) is 0 Å². The van der Waals surface area contributed by atoms with E-state index in [0.29, 0.717) is 0 Å². The molecule has 0 spiro atoms. The molecule has 0 fully saturated rings. The van der Waals surface area contributed by atoms with Gasteiger partial charge in [-0.2, -0.15) is 0 Å². The number of nitrogens with zero attached hydrogens (tertiary/aromatic N) is 1. The highest BCUT2D eigenvalue weighted by Gasteiger charge is 2.19. The Bertz CT molecular complexity index is 621. The molecule has 0 unspecified atom stereocenters. The van der Waals surface area contributed by atoms with Gasteiger partial charge in [-0.1, -0.05) is 32.4 Å². The lowest BCUT2D eigenvalue weighted by atomic mass is 9.89. The summed E-state index contributed by atoms with van der Waals surface area (Å²) >= 11 is 0. The molecule has 0 amide bonds. The van der Waals surface area contributed by atoms with Crippen molar-refractivity contribution in [1.82, 2.24) is 4.98 Å². The van der Waals surface area contributed by atoms with E-state index in [1.807, 2.05) is 31.2 Å². The molecule has 94 valence electrons. The lowest BCUT2D eigenvalue weighted by molar-refractivity contribution is 0.101. The highest BCUT2D eigenvalue weighted by molar-refractivity contribution is 6.06. The van der Waals surface area contributed by atoms with Crippen molar-refractivity contribution in [3.8, 4) is 0 Å². The van der Waals surface area contributed by atoms with E-state index in [0.717, 1.165) is 27.7 Å². The molecule has 0 bridgehead atoms. The summed E-state index contributed by atoms with van der Waals surface area (Å²) in [6, 6.07) is 7.99. The Morgan fingerprint density at radius 1 is 1.17 bits per heavy atom. The molecule has 0 radical (unpaired) electrons. The van der Waals surface area contributed by atoms with Crippen molar-refractivity contribution in [2.24, 2.45) is 0 Å². The minimum atomic E-state index is -0.0523. The van der Waals surface area contributed by atoms with Gasteiger partial charge in [0.1, 0.15) is 0 Å². The van der Waals surface area contributed by atoms with Crippen LogP contribution in [0.15, 0.2) is 24.3 Å². The van der Waals surface area contributed by atoms with E-state index in [9.17, 15) is 4.79 Å². The number of ketones is 1. The highest BCUT2D eigenvalue weighted by Crippen LogP contribution is 2.27. The van der Waals surface area contributed by atoms with Crippen molar-refractivity contribution in [2.75, 3.05) is 0 Å². The predicted molar refractivity (Wildman–Crippen MR) is 75.2 cm³/mol. The molecule has 0 saturated heterocycles.